The number of likely N-dealkylation sites (tertiary alicyclic amines) is 1. The van der Waals surface area contributed by atoms with Gasteiger partial charge in [0.05, 0.1) is 18.7 Å². The number of rotatable bonds is 5. The van der Waals surface area contributed by atoms with Crippen LogP contribution >= 0.6 is 0 Å². The summed E-state index contributed by atoms with van der Waals surface area (Å²) in [5, 5.41) is 0. The van der Waals surface area contributed by atoms with Crippen molar-refractivity contribution in [2.45, 2.75) is 57.6 Å². The van der Waals surface area contributed by atoms with Crippen LogP contribution in [0.4, 0.5) is 4.79 Å². The maximum Gasteiger partial charge on any atom is 0.410 e. The molecule has 7 heteroatoms. The lowest BCUT2D eigenvalue weighted by atomic mass is 9.90. The van der Waals surface area contributed by atoms with Gasteiger partial charge in [-0.25, -0.2) is 9.78 Å². The summed E-state index contributed by atoms with van der Waals surface area (Å²) in [5.74, 6) is 0.0982. The quantitative estimate of drug-likeness (QED) is 0.795. The molecule has 0 bridgehead atoms. The lowest BCUT2D eigenvalue weighted by Gasteiger charge is -2.37. The Balaban J connectivity index is 1.36. The number of amides is 2. The third kappa shape index (κ3) is 3.45. The minimum Gasteiger partial charge on any atom is -0.441 e. The van der Waals surface area contributed by atoms with E-state index in [0.717, 1.165) is 24.2 Å². The molecule has 4 heterocycles. The molecule has 2 aromatic rings. The summed E-state index contributed by atoms with van der Waals surface area (Å²) in [4.78, 5) is 33.2. The van der Waals surface area contributed by atoms with Crippen molar-refractivity contribution in [2.24, 2.45) is 0 Å². The van der Waals surface area contributed by atoms with E-state index in [4.69, 9.17) is 4.74 Å². The Hall–Kier alpha value is -2.57. The van der Waals surface area contributed by atoms with Gasteiger partial charge in [-0.1, -0.05) is 19.4 Å². The summed E-state index contributed by atoms with van der Waals surface area (Å²) in [6.45, 7) is 6.10. The van der Waals surface area contributed by atoms with Crippen LogP contribution in [0.1, 0.15) is 45.2 Å². The number of nitrogens with zero attached hydrogens (tertiary/aromatic N) is 4. The van der Waals surface area contributed by atoms with Crippen molar-refractivity contribution in [1.29, 1.82) is 0 Å². The number of aromatic nitrogens is 2. The Kier molecular flexibility index (Phi) is 5.00. The second-order valence-electron chi connectivity index (χ2n) is 8.05. The summed E-state index contributed by atoms with van der Waals surface area (Å²) < 4.78 is 7.75. The van der Waals surface area contributed by atoms with Gasteiger partial charge >= 0.3 is 6.09 Å². The van der Waals surface area contributed by atoms with Crippen LogP contribution in [0.5, 0.6) is 0 Å². The van der Waals surface area contributed by atoms with Crippen LogP contribution in [0, 0.1) is 0 Å². The van der Waals surface area contributed by atoms with Crippen LogP contribution in [0.3, 0.4) is 0 Å². The Morgan fingerprint density at radius 2 is 2.11 bits per heavy atom. The molecule has 0 aliphatic carbocycles. The van der Waals surface area contributed by atoms with Gasteiger partial charge < -0.3 is 18.9 Å². The fourth-order valence-electron chi connectivity index (χ4n) is 4.37. The zero-order valence-corrected chi connectivity index (χ0v) is 16.6. The third-order valence-corrected chi connectivity index (χ3v) is 6.09. The maximum atomic E-state index is 12.8. The first-order valence-corrected chi connectivity index (χ1v) is 10.2. The summed E-state index contributed by atoms with van der Waals surface area (Å²) in [7, 11) is 0. The molecule has 1 spiro atoms. The molecule has 2 aliphatic rings. The van der Waals surface area contributed by atoms with Gasteiger partial charge in [0.2, 0.25) is 5.91 Å². The summed E-state index contributed by atoms with van der Waals surface area (Å²) in [5.41, 5.74) is 1.31. The number of carbonyl (C=O) groups excluding carboxylic acids is 2. The van der Waals surface area contributed by atoms with E-state index in [9.17, 15) is 9.59 Å². The van der Waals surface area contributed by atoms with Crippen LogP contribution in [0.25, 0.3) is 5.65 Å². The summed E-state index contributed by atoms with van der Waals surface area (Å²) in [6, 6.07) is 6.00. The second kappa shape index (κ2) is 7.45. The summed E-state index contributed by atoms with van der Waals surface area (Å²) in [6.07, 6.45) is 7.26. The third-order valence-electron chi connectivity index (χ3n) is 6.09. The van der Waals surface area contributed by atoms with E-state index >= 15 is 0 Å². The molecular formula is C21H28N4O3. The van der Waals surface area contributed by atoms with Crippen molar-refractivity contribution in [2.75, 3.05) is 19.6 Å². The molecule has 7 nitrogen and oxygen atoms in total. The molecule has 0 aromatic carbocycles. The normalized spacial score (nSPS) is 20.0. The van der Waals surface area contributed by atoms with Gasteiger partial charge in [0.15, 0.2) is 0 Å². The average molecular weight is 384 g/mol. The van der Waals surface area contributed by atoms with Crippen LogP contribution in [-0.2, 0) is 16.0 Å². The molecule has 150 valence electrons. The largest absolute Gasteiger partial charge is 0.441 e. The van der Waals surface area contributed by atoms with Crippen LogP contribution in [0.15, 0.2) is 30.6 Å². The molecule has 28 heavy (non-hydrogen) atoms. The number of fused-ring (bicyclic) bond motifs is 1. The minimum absolute atomic E-state index is 0.0982. The zero-order chi connectivity index (χ0) is 19.7. The average Bonchev–Trinajstić information content (AvgIpc) is 3.24. The lowest BCUT2D eigenvalue weighted by molar-refractivity contribution is -0.133. The zero-order valence-electron chi connectivity index (χ0n) is 16.6. The van der Waals surface area contributed by atoms with Gasteiger partial charge in [0, 0.05) is 44.4 Å². The molecular weight excluding hydrogens is 356 g/mol. The van der Waals surface area contributed by atoms with Gasteiger partial charge in [-0.15, -0.1) is 0 Å². The van der Waals surface area contributed by atoms with Crippen molar-refractivity contribution in [3.05, 3.63) is 36.3 Å². The van der Waals surface area contributed by atoms with Gasteiger partial charge in [0.1, 0.15) is 11.2 Å². The molecule has 2 saturated heterocycles. The van der Waals surface area contributed by atoms with Crippen molar-refractivity contribution < 1.29 is 14.3 Å². The molecule has 2 amide bonds. The van der Waals surface area contributed by atoms with Crippen molar-refractivity contribution in [3.8, 4) is 0 Å². The fourth-order valence-corrected chi connectivity index (χ4v) is 4.37. The number of imidazole rings is 1. The Morgan fingerprint density at radius 1 is 1.32 bits per heavy atom. The molecule has 2 fully saturated rings. The smallest absolute Gasteiger partial charge is 0.410 e. The summed E-state index contributed by atoms with van der Waals surface area (Å²) >= 11 is 0. The van der Waals surface area contributed by atoms with E-state index in [0.29, 0.717) is 38.9 Å². The predicted octanol–water partition coefficient (Wildman–Crippen LogP) is 2.88. The first-order valence-electron chi connectivity index (χ1n) is 10.2. The van der Waals surface area contributed by atoms with E-state index in [-0.39, 0.29) is 18.0 Å². The first-order chi connectivity index (χ1) is 13.5. The van der Waals surface area contributed by atoms with E-state index < -0.39 is 5.60 Å². The van der Waals surface area contributed by atoms with E-state index in [1.807, 2.05) is 38.6 Å². The monoisotopic (exact) mass is 384 g/mol. The highest BCUT2D eigenvalue weighted by Gasteiger charge is 2.48. The Bertz CT molecular complexity index is 869. The SMILES string of the molecule is CCC[C@H](C)N1CC2(CCN(C(=O)Cc3cnc4ccccn34)CC2)OC1=O. The van der Waals surface area contributed by atoms with Crippen molar-refractivity contribution >= 4 is 17.6 Å². The van der Waals surface area contributed by atoms with Crippen LogP contribution < -0.4 is 0 Å². The van der Waals surface area contributed by atoms with Gasteiger partial charge in [-0.3, -0.25) is 4.79 Å². The highest BCUT2D eigenvalue weighted by atomic mass is 16.6. The molecule has 0 unspecified atom stereocenters. The Morgan fingerprint density at radius 3 is 2.86 bits per heavy atom. The molecule has 2 aromatic heterocycles. The number of ether oxygens (including phenoxy) is 1. The number of hydrogen-bond acceptors (Lipinski definition) is 4. The molecule has 2 aliphatic heterocycles. The van der Waals surface area contributed by atoms with Crippen LogP contribution in [-0.4, -0.2) is 62.5 Å². The fraction of sp³-hybridized carbons (Fsp3) is 0.571. The van der Waals surface area contributed by atoms with Gasteiger partial charge in [-0.2, -0.15) is 0 Å². The van der Waals surface area contributed by atoms with Crippen molar-refractivity contribution in [3.63, 3.8) is 0 Å². The molecule has 4 rings (SSSR count). The maximum absolute atomic E-state index is 12.8. The first kappa shape index (κ1) is 18.8. The molecule has 0 radical (unpaired) electrons. The standard InChI is InChI=1S/C21H28N4O3/c1-3-6-16(2)25-15-21(28-20(25)27)8-11-23(12-9-21)19(26)13-17-14-22-18-7-4-5-10-24(17)18/h4-5,7,10,14,16H,3,6,8-9,11-13,15H2,1-2H3/t16-/m0/s1. The highest BCUT2D eigenvalue weighted by Crippen LogP contribution is 2.34. The van der Waals surface area contributed by atoms with E-state index in [1.165, 1.54) is 0 Å². The molecule has 0 N–H and O–H groups in total. The van der Waals surface area contributed by atoms with Gasteiger partial charge in [-0.05, 0) is 25.5 Å². The topological polar surface area (TPSA) is 67.2 Å². The molecule has 1 atom stereocenters. The van der Waals surface area contributed by atoms with E-state index in [2.05, 4.69) is 18.8 Å². The number of hydrogen-bond donors (Lipinski definition) is 0. The van der Waals surface area contributed by atoms with Gasteiger partial charge in [0.25, 0.3) is 0 Å². The van der Waals surface area contributed by atoms with E-state index in [1.54, 1.807) is 6.20 Å². The predicted molar refractivity (Wildman–Crippen MR) is 105 cm³/mol. The number of carbonyl (C=O) groups is 2. The van der Waals surface area contributed by atoms with Crippen molar-refractivity contribution in [1.82, 2.24) is 19.2 Å². The highest BCUT2D eigenvalue weighted by molar-refractivity contribution is 5.79. The number of pyridine rings is 1. The number of piperidine rings is 1. The second-order valence-corrected chi connectivity index (χ2v) is 8.05. The Labute approximate surface area is 165 Å². The van der Waals surface area contributed by atoms with Crippen LogP contribution in [0.2, 0.25) is 0 Å². The molecule has 0 saturated carbocycles. The lowest BCUT2D eigenvalue weighted by Crippen LogP contribution is -2.49. The minimum atomic E-state index is -0.431.